The fourth-order valence-corrected chi connectivity index (χ4v) is 2.65. The molecule has 0 aliphatic carbocycles. The molecule has 2 atom stereocenters. The molecule has 116 valence electrons. The van der Waals surface area contributed by atoms with Crippen molar-refractivity contribution in [3.05, 3.63) is 35.4 Å². The van der Waals surface area contributed by atoms with Crippen LogP contribution in [0.4, 0.5) is 8.78 Å². The molecular weight excluding hydrogens is 280 g/mol. The molecule has 0 spiro atoms. The van der Waals surface area contributed by atoms with E-state index < -0.39 is 11.6 Å². The number of amides is 1. The van der Waals surface area contributed by atoms with Crippen molar-refractivity contribution >= 4 is 5.91 Å². The van der Waals surface area contributed by atoms with Crippen molar-refractivity contribution < 1.29 is 23.4 Å². The van der Waals surface area contributed by atoms with Gasteiger partial charge in [0.1, 0.15) is 0 Å². The molecule has 1 N–H and O–H groups in total. The van der Waals surface area contributed by atoms with E-state index in [1.807, 2.05) is 0 Å². The number of carbonyl (C=O) groups excluding carboxylic acids is 1. The standard InChI is InChI=1S/C15H19F2NO3/c1-21-12-7-11(9-19)18(8-12)14(20)6-5-10-3-2-4-13(16)15(10)17/h2-4,11-12,19H,5-9H2,1H3/t11-,12+/m0/s1. The van der Waals surface area contributed by atoms with Crippen LogP contribution in [0.2, 0.25) is 0 Å². The summed E-state index contributed by atoms with van der Waals surface area (Å²) in [6, 6.07) is 3.68. The normalized spacial score (nSPS) is 21.8. The number of nitrogens with zero attached hydrogens (tertiary/aromatic N) is 1. The maximum Gasteiger partial charge on any atom is 0.223 e. The highest BCUT2D eigenvalue weighted by atomic mass is 19.2. The van der Waals surface area contributed by atoms with E-state index in [1.54, 1.807) is 12.0 Å². The van der Waals surface area contributed by atoms with E-state index in [0.717, 1.165) is 6.07 Å². The SMILES string of the molecule is CO[C@@H]1C[C@@H](CO)N(C(=O)CCc2cccc(F)c2F)C1. The number of benzene rings is 1. The highest BCUT2D eigenvalue weighted by molar-refractivity contribution is 5.77. The molecule has 0 bridgehead atoms. The van der Waals surface area contributed by atoms with Gasteiger partial charge in [-0.1, -0.05) is 12.1 Å². The molecule has 1 fully saturated rings. The number of aliphatic hydroxyl groups excluding tert-OH is 1. The summed E-state index contributed by atoms with van der Waals surface area (Å²) < 4.78 is 31.8. The quantitative estimate of drug-likeness (QED) is 0.896. The first kappa shape index (κ1) is 15.9. The Hall–Kier alpha value is -1.53. The predicted molar refractivity (Wildman–Crippen MR) is 72.7 cm³/mol. The molecule has 1 aromatic carbocycles. The summed E-state index contributed by atoms with van der Waals surface area (Å²) in [5.41, 5.74) is 0.186. The fraction of sp³-hybridized carbons (Fsp3) is 0.533. The van der Waals surface area contributed by atoms with E-state index in [9.17, 15) is 18.7 Å². The van der Waals surface area contributed by atoms with Crippen LogP contribution in [0.15, 0.2) is 18.2 Å². The summed E-state index contributed by atoms with van der Waals surface area (Å²) in [5.74, 6) is -1.99. The van der Waals surface area contributed by atoms with Gasteiger partial charge in [-0.15, -0.1) is 0 Å². The van der Waals surface area contributed by atoms with Gasteiger partial charge in [-0.3, -0.25) is 4.79 Å². The monoisotopic (exact) mass is 299 g/mol. The molecular formula is C15H19F2NO3. The number of ether oxygens (including phenoxy) is 1. The maximum absolute atomic E-state index is 13.5. The molecule has 1 aliphatic heterocycles. The lowest BCUT2D eigenvalue weighted by Gasteiger charge is -2.22. The second kappa shape index (κ2) is 6.95. The number of aliphatic hydroxyl groups is 1. The first-order valence-corrected chi connectivity index (χ1v) is 6.92. The predicted octanol–water partition coefficient (Wildman–Crippen LogP) is 1.51. The minimum Gasteiger partial charge on any atom is -0.394 e. The molecule has 6 heteroatoms. The van der Waals surface area contributed by atoms with Crippen LogP contribution in [0.5, 0.6) is 0 Å². The number of hydrogen-bond donors (Lipinski definition) is 1. The second-order valence-corrected chi connectivity index (χ2v) is 5.19. The maximum atomic E-state index is 13.5. The minimum atomic E-state index is -0.909. The molecule has 4 nitrogen and oxygen atoms in total. The van der Waals surface area contributed by atoms with Crippen LogP contribution in [0.25, 0.3) is 0 Å². The van der Waals surface area contributed by atoms with Crippen LogP contribution in [-0.2, 0) is 16.0 Å². The highest BCUT2D eigenvalue weighted by Crippen LogP contribution is 2.21. The lowest BCUT2D eigenvalue weighted by Crippen LogP contribution is -2.38. The fourth-order valence-electron chi connectivity index (χ4n) is 2.65. The Morgan fingerprint density at radius 2 is 2.24 bits per heavy atom. The summed E-state index contributed by atoms with van der Waals surface area (Å²) in [7, 11) is 1.56. The summed E-state index contributed by atoms with van der Waals surface area (Å²) >= 11 is 0. The van der Waals surface area contributed by atoms with Crippen LogP contribution in [0, 0.1) is 11.6 Å². The van der Waals surface area contributed by atoms with Crippen molar-refractivity contribution in [3.8, 4) is 0 Å². The Kier molecular flexibility index (Phi) is 5.25. The molecule has 1 aliphatic rings. The molecule has 0 aromatic heterocycles. The number of rotatable bonds is 5. The molecule has 1 amide bonds. The average molecular weight is 299 g/mol. The van der Waals surface area contributed by atoms with Crippen LogP contribution in [0.1, 0.15) is 18.4 Å². The minimum absolute atomic E-state index is 0.0767. The van der Waals surface area contributed by atoms with Gasteiger partial charge in [0.05, 0.1) is 18.8 Å². The second-order valence-electron chi connectivity index (χ2n) is 5.19. The van der Waals surface area contributed by atoms with E-state index in [2.05, 4.69) is 0 Å². The number of hydrogen-bond acceptors (Lipinski definition) is 3. The van der Waals surface area contributed by atoms with E-state index in [1.165, 1.54) is 12.1 Å². The molecule has 21 heavy (non-hydrogen) atoms. The number of aryl methyl sites for hydroxylation is 1. The van der Waals surface area contributed by atoms with Gasteiger partial charge in [-0.05, 0) is 24.5 Å². The van der Waals surface area contributed by atoms with Gasteiger partial charge in [0.15, 0.2) is 11.6 Å². The third kappa shape index (κ3) is 3.57. The Labute approximate surface area is 122 Å². The smallest absolute Gasteiger partial charge is 0.223 e. The van der Waals surface area contributed by atoms with E-state index >= 15 is 0 Å². The largest absolute Gasteiger partial charge is 0.394 e. The Morgan fingerprint density at radius 3 is 2.90 bits per heavy atom. The number of likely N-dealkylation sites (tertiary alicyclic amines) is 1. The lowest BCUT2D eigenvalue weighted by molar-refractivity contribution is -0.133. The molecule has 0 saturated carbocycles. The number of carbonyl (C=O) groups is 1. The Morgan fingerprint density at radius 1 is 1.48 bits per heavy atom. The number of halogens is 2. The van der Waals surface area contributed by atoms with Gasteiger partial charge in [0.25, 0.3) is 0 Å². The van der Waals surface area contributed by atoms with Crippen molar-refractivity contribution in [1.82, 2.24) is 4.90 Å². The van der Waals surface area contributed by atoms with Crippen LogP contribution in [-0.4, -0.2) is 48.3 Å². The van der Waals surface area contributed by atoms with Gasteiger partial charge in [0.2, 0.25) is 5.91 Å². The van der Waals surface area contributed by atoms with Crippen molar-refractivity contribution in [2.75, 3.05) is 20.3 Å². The zero-order chi connectivity index (χ0) is 15.4. The Bertz CT molecular complexity index is 510. The van der Waals surface area contributed by atoms with Crippen molar-refractivity contribution in [2.24, 2.45) is 0 Å². The van der Waals surface area contributed by atoms with E-state index in [4.69, 9.17) is 4.74 Å². The first-order valence-electron chi connectivity index (χ1n) is 6.92. The van der Waals surface area contributed by atoms with E-state index in [-0.39, 0.29) is 43.1 Å². The third-order valence-corrected chi connectivity index (χ3v) is 3.88. The highest BCUT2D eigenvalue weighted by Gasteiger charge is 2.34. The first-order chi connectivity index (χ1) is 10.1. The van der Waals surface area contributed by atoms with Crippen molar-refractivity contribution in [2.45, 2.75) is 31.4 Å². The van der Waals surface area contributed by atoms with Crippen LogP contribution >= 0.6 is 0 Å². The zero-order valence-electron chi connectivity index (χ0n) is 11.9. The summed E-state index contributed by atoms with van der Waals surface area (Å²) in [4.78, 5) is 13.7. The molecule has 0 radical (unpaired) electrons. The zero-order valence-corrected chi connectivity index (χ0v) is 11.9. The van der Waals surface area contributed by atoms with Gasteiger partial charge >= 0.3 is 0 Å². The molecule has 1 heterocycles. The van der Waals surface area contributed by atoms with Crippen LogP contribution in [0.3, 0.4) is 0 Å². The molecule has 1 saturated heterocycles. The van der Waals surface area contributed by atoms with E-state index in [0.29, 0.717) is 13.0 Å². The summed E-state index contributed by atoms with van der Waals surface area (Å²) in [5, 5.41) is 9.31. The number of methoxy groups -OCH3 is 1. The van der Waals surface area contributed by atoms with Crippen LogP contribution < -0.4 is 0 Å². The molecule has 0 unspecified atom stereocenters. The lowest BCUT2D eigenvalue weighted by atomic mass is 10.1. The van der Waals surface area contributed by atoms with Crippen molar-refractivity contribution in [1.29, 1.82) is 0 Å². The average Bonchev–Trinajstić information content (AvgIpc) is 2.92. The third-order valence-electron chi connectivity index (χ3n) is 3.88. The van der Waals surface area contributed by atoms with Crippen molar-refractivity contribution in [3.63, 3.8) is 0 Å². The van der Waals surface area contributed by atoms with Gasteiger partial charge < -0.3 is 14.7 Å². The van der Waals surface area contributed by atoms with Gasteiger partial charge in [0, 0.05) is 20.1 Å². The summed E-state index contributed by atoms with van der Waals surface area (Å²) in [6.07, 6.45) is 0.715. The molecule has 1 aromatic rings. The topological polar surface area (TPSA) is 49.8 Å². The Balaban J connectivity index is 1.97. The summed E-state index contributed by atoms with van der Waals surface area (Å²) in [6.45, 7) is 0.298. The van der Waals surface area contributed by atoms with Gasteiger partial charge in [-0.2, -0.15) is 0 Å². The van der Waals surface area contributed by atoms with Gasteiger partial charge in [-0.25, -0.2) is 8.78 Å². The molecule has 2 rings (SSSR count).